The molecule has 25 heavy (non-hydrogen) atoms. The molecule has 0 aliphatic heterocycles. The van der Waals surface area contributed by atoms with Gasteiger partial charge in [-0.15, -0.1) is 0 Å². The topological polar surface area (TPSA) is 55.5 Å². The Morgan fingerprint density at radius 3 is 2.64 bits per heavy atom. The van der Waals surface area contributed by atoms with E-state index in [-0.39, 0.29) is 0 Å². The fraction of sp³-hybridized carbons (Fsp3) is 0.550. The van der Waals surface area contributed by atoms with Gasteiger partial charge in [0.25, 0.3) is 0 Å². The van der Waals surface area contributed by atoms with E-state index in [9.17, 15) is 0 Å². The third-order valence-corrected chi connectivity index (χ3v) is 4.66. The maximum absolute atomic E-state index is 4.76. The van der Waals surface area contributed by atoms with Crippen LogP contribution in [0.2, 0.25) is 0 Å². The summed E-state index contributed by atoms with van der Waals surface area (Å²) in [5.41, 5.74) is 2.54. The molecule has 0 aliphatic carbocycles. The Bertz CT molecular complexity index is 657. The largest absolute Gasteiger partial charge is 0.361 e. The Labute approximate surface area is 151 Å². The molecule has 138 valence electrons. The van der Waals surface area contributed by atoms with E-state index in [1.807, 2.05) is 0 Å². The highest BCUT2D eigenvalue weighted by Crippen LogP contribution is 2.17. The van der Waals surface area contributed by atoms with Gasteiger partial charge in [0.15, 0.2) is 5.96 Å². The number of hydrogen-bond donors (Lipinski definition) is 3. The number of aliphatic imine (C=N–C) groups is 1. The number of nitrogens with zero attached hydrogens (tertiary/aromatic N) is 2. The van der Waals surface area contributed by atoms with Crippen LogP contribution in [0.15, 0.2) is 35.5 Å². The summed E-state index contributed by atoms with van der Waals surface area (Å²) >= 11 is 0. The third-order valence-electron chi connectivity index (χ3n) is 4.66. The van der Waals surface area contributed by atoms with Gasteiger partial charge >= 0.3 is 0 Å². The number of benzene rings is 1. The second-order valence-corrected chi connectivity index (χ2v) is 6.33. The molecule has 0 fully saturated rings. The molecular weight excluding hydrogens is 310 g/mol. The molecular formula is C20H33N5. The SMILES string of the molecule is CCNC(=NCC(C)N(CC)CC)NCCc1c[nH]c2ccccc12. The molecule has 1 aromatic heterocycles. The van der Waals surface area contributed by atoms with Crippen molar-refractivity contribution < 1.29 is 0 Å². The number of rotatable bonds is 9. The normalized spacial score (nSPS) is 13.4. The van der Waals surface area contributed by atoms with Gasteiger partial charge in [0.05, 0.1) is 6.54 Å². The monoisotopic (exact) mass is 343 g/mol. The highest BCUT2D eigenvalue weighted by Gasteiger charge is 2.09. The smallest absolute Gasteiger partial charge is 0.191 e. The summed E-state index contributed by atoms with van der Waals surface area (Å²) in [6.07, 6.45) is 3.08. The minimum Gasteiger partial charge on any atom is -0.361 e. The second kappa shape index (κ2) is 10.1. The van der Waals surface area contributed by atoms with Crippen LogP contribution in [0.5, 0.6) is 0 Å². The molecule has 1 unspecified atom stereocenters. The summed E-state index contributed by atoms with van der Waals surface area (Å²) < 4.78 is 0. The molecule has 5 heteroatoms. The zero-order valence-electron chi connectivity index (χ0n) is 16.1. The van der Waals surface area contributed by atoms with Gasteiger partial charge in [-0.3, -0.25) is 9.89 Å². The number of nitrogens with one attached hydrogen (secondary N) is 3. The van der Waals surface area contributed by atoms with Crippen molar-refractivity contribution >= 4 is 16.9 Å². The molecule has 0 saturated heterocycles. The van der Waals surface area contributed by atoms with Crippen LogP contribution in [0, 0.1) is 0 Å². The van der Waals surface area contributed by atoms with Crippen molar-refractivity contribution in [3.05, 3.63) is 36.0 Å². The predicted octanol–water partition coefficient (Wildman–Crippen LogP) is 3.00. The van der Waals surface area contributed by atoms with E-state index in [2.05, 4.69) is 78.7 Å². The number of hydrogen-bond acceptors (Lipinski definition) is 2. The van der Waals surface area contributed by atoms with Crippen LogP contribution in [-0.2, 0) is 6.42 Å². The Morgan fingerprint density at radius 2 is 1.92 bits per heavy atom. The van der Waals surface area contributed by atoms with Gasteiger partial charge in [-0.05, 0) is 45.0 Å². The van der Waals surface area contributed by atoms with Crippen LogP contribution in [0.25, 0.3) is 10.9 Å². The molecule has 3 N–H and O–H groups in total. The molecule has 1 aromatic carbocycles. The van der Waals surface area contributed by atoms with E-state index in [0.29, 0.717) is 6.04 Å². The summed E-state index contributed by atoms with van der Waals surface area (Å²) in [6, 6.07) is 8.90. The lowest BCUT2D eigenvalue weighted by atomic mass is 10.1. The average molecular weight is 344 g/mol. The molecule has 0 amide bonds. The van der Waals surface area contributed by atoms with Crippen molar-refractivity contribution in [2.45, 2.75) is 40.2 Å². The van der Waals surface area contributed by atoms with Gasteiger partial charge in [0.1, 0.15) is 0 Å². The Morgan fingerprint density at radius 1 is 1.16 bits per heavy atom. The third kappa shape index (κ3) is 5.49. The van der Waals surface area contributed by atoms with Crippen LogP contribution in [0.3, 0.4) is 0 Å². The molecule has 0 saturated carbocycles. The zero-order valence-corrected chi connectivity index (χ0v) is 16.1. The maximum Gasteiger partial charge on any atom is 0.191 e. The summed E-state index contributed by atoms with van der Waals surface area (Å²) in [4.78, 5) is 10.5. The summed E-state index contributed by atoms with van der Waals surface area (Å²) in [5, 5.41) is 8.11. The Balaban J connectivity index is 1.89. The number of H-pyrrole nitrogens is 1. The number of aromatic amines is 1. The van der Waals surface area contributed by atoms with Gasteiger partial charge in [0.2, 0.25) is 0 Å². The number of guanidine groups is 1. The van der Waals surface area contributed by atoms with Gasteiger partial charge in [-0.1, -0.05) is 32.0 Å². The molecule has 0 radical (unpaired) electrons. The first-order chi connectivity index (χ1) is 12.2. The van der Waals surface area contributed by atoms with Crippen molar-refractivity contribution in [1.29, 1.82) is 0 Å². The van der Waals surface area contributed by atoms with E-state index in [0.717, 1.165) is 45.1 Å². The molecule has 0 spiro atoms. The van der Waals surface area contributed by atoms with Crippen LogP contribution < -0.4 is 10.6 Å². The molecule has 0 aliphatic rings. The van der Waals surface area contributed by atoms with Crippen LogP contribution in [0.4, 0.5) is 0 Å². The van der Waals surface area contributed by atoms with Crippen molar-refractivity contribution in [3.63, 3.8) is 0 Å². The molecule has 1 atom stereocenters. The van der Waals surface area contributed by atoms with Crippen LogP contribution in [0.1, 0.15) is 33.3 Å². The number of aromatic nitrogens is 1. The zero-order chi connectivity index (χ0) is 18.1. The highest BCUT2D eigenvalue weighted by atomic mass is 15.2. The standard InChI is InChI=1S/C20H33N5/c1-5-21-20(24-14-16(4)25(6-2)7-3)22-13-12-17-15-23-19-11-9-8-10-18(17)19/h8-11,15-16,23H,5-7,12-14H2,1-4H3,(H2,21,22,24). The van der Waals surface area contributed by atoms with Crippen molar-refractivity contribution in [1.82, 2.24) is 20.5 Å². The lowest BCUT2D eigenvalue weighted by Crippen LogP contribution is -2.40. The fourth-order valence-electron chi connectivity index (χ4n) is 3.18. The van der Waals surface area contributed by atoms with Crippen LogP contribution >= 0.6 is 0 Å². The summed E-state index contributed by atoms with van der Waals surface area (Å²) in [5.74, 6) is 0.904. The van der Waals surface area contributed by atoms with Gasteiger partial charge in [-0.2, -0.15) is 0 Å². The minimum absolute atomic E-state index is 0.457. The number of fused-ring (bicyclic) bond motifs is 1. The first kappa shape index (κ1) is 19.3. The molecule has 0 bridgehead atoms. The van der Waals surface area contributed by atoms with E-state index < -0.39 is 0 Å². The number of likely N-dealkylation sites (N-methyl/N-ethyl adjacent to an activating group) is 1. The van der Waals surface area contributed by atoms with Gasteiger partial charge < -0.3 is 15.6 Å². The molecule has 5 nitrogen and oxygen atoms in total. The van der Waals surface area contributed by atoms with Gasteiger partial charge in [0, 0.05) is 36.2 Å². The molecule has 1 heterocycles. The maximum atomic E-state index is 4.76. The molecule has 2 rings (SSSR count). The van der Waals surface area contributed by atoms with E-state index in [1.54, 1.807) is 0 Å². The van der Waals surface area contributed by atoms with Crippen molar-refractivity contribution in [2.75, 3.05) is 32.7 Å². The molecule has 2 aromatic rings. The Hall–Kier alpha value is -2.01. The lowest BCUT2D eigenvalue weighted by Gasteiger charge is -2.25. The first-order valence-electron chi connectivity index (χ1n) is 9.50. The average Bonchev–Trinajstić information content (AvgIpc) is 3.04. The minimum atomic E-state index is 0.457. The number of para-hydroxylation sites is 1. The highest BCUT2D eigenvalue weighted by molar-refractivity contribution is 5.83. The summed E-state index contributed by atoms with van der Waals surface area (Å²) in [7, 11) is 0. The van der Waals surface area contributed by atoms with E-state index in [1.165, 1.54) is 16.5 Å². The van der Waals surface area contributed by atoms with Crippen LogP contribution in [-0.4, -0.2) is 54.6 Å². The second-order valence-electron chi connectivity index (χ2n) is 6.33. The van der Waals surface area contributed by atoms with Crippen molar-refractivity contribution in [2.24, 2.45) is 4.99 Å². The Kier molecular flexibility index (Phi) is 7.79. The van der Waals surface area contributed by atoms with Gasteiger partial charge in [-0.25, -0.2) is 0 Å². The summed E-state index contributed by atoms with van der Waals surface area (Å²) in [6.45, 7) is 13.4. The predicted molar refractivity (Wildman–Crippen MR) is 108 cm³/mol. The van der Waals surface area contributed by atoms with Crippen molar-refractivity contribution in [3.8, 4) is 0 Å². The quantitative estimate of drug-likeness (QED) is 0.485. The van der Waals surface area contributed by atoms with E-state index in [4.69, 9.17) is 4.99 Å². The van der Waals surface area contributed by atoms with E-state index >= 15 is 0 Å². The first-order valence-corrected chi connectivity index (χ1v) is 9.50. The lowest BCUT2D eigenvalue weighted by molar-refractivity contribution is 0.237. The fourth-order valence-corrected chi connectivity index (χ4v) is 3.18.